The fourth-order valence-electron chi connectivity index (χ4n) is 2.25. The summed E-state index contributed by atoms with van der Waals surface area (Å²) in [5, 5.41) is 3.76. The largest absolute Gasteiger partial charge is 0.435 e. The molecule has 3 aromatic rings. The van der Waals surface area contributed by atoms with Crippen LogP contribution in [0.5, 0.6) is 5.75 Å². The van der Waals surface area contributed by atoms with Crippen LogP contribution in [0.25, 0.3) is 16.9 Å². The number of nitrogens with zero attached hydrogens (tertiary/aromatic N) is 3. The number of halogens is 6. The number of aryl methyl sites for hydroxylation is 1. The van der Waals surface area contributed by atoms with Gasteiger partial charge in [0.25, 0.3) is 0 Å². The van der Waals surface area contributed by atoms with Crippen molar-refractivity contribution in [2.75, 3.05) is 0 Å². The Balaban J connectivity index is 2.15. The minimum Gasteiger partial charge on any atom is -0.435 e. The Morgan fingerprint density at radius 1 is 1.16 bits per heavy atom. The Labute approximate surface area is 142 Å². The van der Waals surface area contributed by atoms with E-state index < -0.39 is 18.5 Å². The van der Waals surface area contributed by atoms with E-state index in [1.165, 1.54) is 31.2 Å². The number of hydrogen-bond acceptors (Lipinski definition) is 3. The zero-order valence-corrected chi connectivity index (χ0v) is 13.2. The fraction of sp³-hybridized carbons (Fsp3) is 0.200. The van der Waals surface area contributed by atoms with Crippen LogP contribution in [0.2, 0.25) is 5.02 Å². The molecule has 0 saturated heterocycles. The molecule has 4 nitrogen and oxygen atoms in total. The van der Waals surface area contributed by atoms with Crippen LogP contribution < -0.4 is 4.74 Å². The van der Waals surface area contributed by atoms with Gasteiger partial charge in [-0.1, -0.05) is 11.6 Å². The van der Waals surface area contributed by atoms with Crippen molar-refractivity contribution in [3.8, 4) is 17.0 Å². The van der Waals surface area contributed by atoms with Crippen molar-refractivity contribution in [2.45, 2.75) is 19.7 Å². The van der Waals surface area contributed by atoms with Crippen molar-refractivity contribution >= 4 is 17.2 Å². The molecule has 0 amide bonds. The first kappa shape index (κ1) is 17.4. The van der Waals surface area contributed by atoms with Gasteiger partial charge in [0.15, 0.2) is 11.3 Å². The summed E-state index contributed by atoms with van der Waals surface area (Å²) in [5.74, 6) is -0.117. The number of ether oxygens (including phenoxy) is 1. The Morgan fingerprint density at radius 2 is 1.80 bits per heavy atom. The van der Waals surface area contributed by atoms with E-state index in [2.05, 4.69) is 14.8 Å². The average Bonchev–Trinajstić information content (AvgIpc) is 2.81. The fourth-order valence-corrected chi connectivity index (χ4v) is 2.41. The molecule has 10 heteroatoms. The van der Waals surface area contributed by atoms with E-state index in [1.807, 2.05) is 0 Å². The van der Waals surface area contributed by atoms with Gasteiger partial charge in [-0.15, -0.1) is 0 Å². The van der Waals surface area contributed by atoms with Gasteiger partial charge in [-0.3, -0.25) is 0 Å². The lowest BCUT2D eigenvalue weighted by molar-refractivity contribution is -0.142. The smallest absolute Gasteiger partial charge is 0.433 e. The zero-order chi connectivity index (χ0) is 18.4. The molecule has 25 heavy (non-hydrogen) atoms. The molecule has 1 aromatic carbocycles. The quantitative estimate of drug-likeness (QED) is 0.604. The highest BCUT2D eigenvalue weighted by atomic mass is 35.5. The van der Waals surface area contributed by atoms with Gasteiger partial charge in [0.2, 0.25) is 0 Å². The van der Waals surface area contributed by atoms with Gasteiger partial charge in [0.05, 0.1) is 11.4 Å². The molecule has 132 valence electrons. The zero-order valence-electron chi connectivity index (χ0n) is 12.5. The van der Waals surface area contributed by atoms with Crippen molar-refractivity contribution in [1.29, 1.82) is 0 Å². The SMILES string of the molecule is Cc1nn2c(C(F)(F)F)cc(-c3ccc(OC(F)F)cc3)nc2c1Cl. The van der Waals surface area contributed by atoms with Crippen molar-refractivity contribution in [3.63, 3.8) is 0 Å². The first-order valence-corrected chi connectivity index (χ1v) is 7.23. The average molecular weight is 378 g/mol. The Hall–Kier alpha value is -2.42. The third kappa shape index (κ3) is 3.37. The molecule has 3 rings (SSSR count). The summed E-state index contributed by atoms with van der Waals surface area (Å²) >= 11 is 5.99. The lowest BCUT2D eigenvalue weighted by atomic mass is 10.1. The van der Waals surface area contributed by atoms with E-state index >= 15 is 0 Å². The molecule has 0 aliphatic heterocycles. The van der Waals surface area contributed by atoms with Crippen molar-refractivity contribution in [2.24, 2.45) is 0 Å². The van der Waals surface area contributed by atoms with Gasteiger partial charge in [-0.2, -0.15) is 27.1 Å². The molecule has 0 fully saturated rings. The molecule has 2 aromatic heterocycles. The van der Waals surface area contributed by atoms with Crippen LogP contribution in [-0.4, -0.2) is 21.2 Å². The highest BCUT2D eigenvalue weighted by molar-refractivity contribution is 6.34. The Kier molecular flexibility index (Phi) is 4.28. The Morgan fingerprint density at radius 3 is 2.36 bits per heavy atom. The summed E-state index contributed by atoms with van der Waals surface area (Å²) in [7, 11) is 0. The molecule has 0 aliphatic carbocycles. The molecular weight excluding hydrogens is 369 g/mol. The third-order valence-electron chi connectivity index (χ3n) is 3.36. The number of fused-ring (bicyclic) bond motifs is 1. The molecule has 0 atom stereocenters. The number of aromatic nitrogens is 3. The van der Waals surface area contributed by atoms with Crippen molar-refractivity contribution < 1.29 is 26.7 Å². The van der Waals surface area contributed by atoms with Gasteiger partial charge in [-0.25, -0.2) is 9.50 Å². The van der Waals surface area contributed by atoms with Crippen LogP contribution in [0.15, 0.2) is 30.3 Å². The van der Waals surface area contributed by atoms with Crippen LogP contribution in [0.3, 0.4) is 0 Å². The maximum absolute atomic E-state index is 13.3. The number of hydrogen-bond donors (Lipinski definition) is 0. The summed E-state index contributed by atoms with van der Waals surface area (Å²) in [6.07, 6.45) is -4.68. The topological polar surface area (TPSA) is 39.4 Å². The van der Waals surface area contributed by atoms with E-state index in [0.29, 0.717) is 4.52 Å². The van der Waals surface area contributed by atoms with Crippen LogP contribution >= 0.6 is 11.6 Å². The minimum atomic E-state index is -4.68. The minimum absolute atomic E-state index is 0.00463. The molecule has 0 bridgehead atoms. The van der Waals surface area contributed by atoms with E-state index in [9.17, 15) is 22.0 Å². The standard InChI is InChI=1S/C15H9ClF5N3O/c1-7-12(16)13-22-10(6-11(15(19,20)21)24(13)23-7)8-2-4-9(5-3-8)25-14(17)18/h2-6,14H,1H3. The number of benzene rings is 1. The predicted molar refractivity (Wildman–Crippen MR) is 79.8 cm³/mol. The maximum atomic E-state index is 13.3. The van der Waals surface area contributed by atoms with E-state index in [4.69, 9.17) is 11.6 Å². The molecule has 0 spiro atoms. The second-order valence-corrected chi connectivity index (χ2v) is 5.44. The summed E-state index contributed by atoms with van der Waals surface area (Å²) in [6.45, 7) is -1.53. The lowest BCUT2D eigenvalue weighted by Gasteiger charge is -2.11. The maximum Gasteiger partial charge on any atom is 0.433 e. The van der Waals surface area contributed by atoms with E-state index in [-0.39, 0.29) is 33.4 Å². The third-order valence-corrected chi connectivity index (χ3v) is 3.80. The highest BCUT2D eigenvalue weighted by Gasteiger charge is 2.36. The number of alkyl halides is 5. The summed E-state index contributed by atoms with van der Waals surface area (Å²) in [5.41, 5.74) is -0.723. The van der Waals surface area contributed by atoms with Gasteiger partial charge >= 0.3 is 12.8 Å². The predicted octanol–water partition coefficient (Wildman–Crippen LogP) is 4.98. The van der Waals surface area contributed by atoms with Gasteiger partial charge < -0.3 is 4.74 Å². The van der Waals surface area contributed by atoms with Crippen molar-refractivity contribution in [1.82, 2.24) is 14.6 Å². The monoisotopic (exact) mass is 377 g/mol. The molecule has 0 aliphatic rings. The van der Waals surface area contributed by atoms with Crippen LogP contribution in [-0.2, 0) is 6.18 Å². The first-order valence-electron chi connectivity index (χ1n) is 6.85. The molecule has 0 radical (unpaired) electrons. The second kappa shape index (κ2) is 6.14. The number of rotatable bonds is 3. The molecular formula is C15H9ClF5N3O. The van der Waals surface area contributed by atoms with Crippen molar-refractivity contribution in [3.05, 3.63) is 46.7 Å². The van der Waals surface area contributed by atoms with Gasteiger partial charge in [0.1, 0.15) is 10.8 Å². The van der Waals surface area contributed by atoms with E-state index in [1.54, 1.807) is 0 Å². The molecule has 0 saturated carbocycles. The normalized spacial score (nSPS) is 12.2. The van der Waals surface area contributed by atoms with Crippen LogP contribution in [0.4, 0.5) is 22.0 Å². The molecule has 0 unspecified atom stereocenters. The van der Waals surface area contributed by atoms with E-state index in [0.717, 1.165) is 6.07 Å². The lowest BCUT2D eigenvalue weighted by Crippen LogP contribution is -2.13. The van der Waals surface area contributed by atoms with Crippen LogP contribution in [0.1, 0.15) is 11.4 Å². The second-order valence-electron chi connectivity index (χ2n) is 5.06. The highest BCUT2D eigenvalue weighted by Crippen LogP contribution is 2.34. The summed E-state index contributed by atoms with van der Waals surface area (Å²) in [6, 6.07) is 5.90. The molecule has 0 N–H and O–H groups in total. The summed E-state index contributed by atoms with van der Waals surface area (Å²) in [4.78, 5) is 4.11. The summed E-state index contributed by atoms with van der Waals surface area (Å²) < 4.78 is 69.2. The first-order chi connectivity index (χ1) is 11.7. The Bertz CT molecular complexity index is 922. The molecule has 2 heterocycles. The van der Waals surface area contributed by atoms with Crippen LogP contribution in [0, 0.1) is 6.92 Å². The van der Waals surface area contributed by atoms with Gasteiger partial charge in [-0.05, 0) is 37.3 Å². The van der Waals surface area contributed by atoms with Gasteiger partial charge in [0, 0.05) is 5.56 Å².